The van der Waals surface area contributed by atoms with E-state index in [1.165, 1.54) is 13.3 Å². The van der Waals surface area contributed by atoms with Crippen molar-refractivity contribution in [3.8, 4) is 23.8 Å². The third-order valence-corrected chi connectivity index (χ3v) is 5.30. The molecule has 0 atom stereocenters. The lowest BCUT2D eigenvalue weighted by atomic mass is 10.1. The Morgan fingerprint density at radius 3 is 2.84 bits per heavy atom. The minimum atomic E-state index is -0.450. The maximum atomic E-state index is 12.5. The van der Waals surface area contributed by atoms with Crippen molar-refractivity contribution in [3.63, 3.8) is 0 Å². The second-order valence-electron chi connectivity index (χ2n) is 6.53. The van der Waals surface area contributed by atoms with Crippen LogP contribution in [0.15, 0.2) is 68.6 Å². The summed E-state index contributed by atoms with van der Waals surface area (Å²) in [7, 11) is 1.53. The van der Waals surface area contributed by atoms with E-state index in [1.54, 1.807) is 18.2 Å². The van der Waals surface area contributed by atoms with Gasteiger partial charge in [0.15, 0.2) is 17.3 Å². The van der Waals surface area contributed by atoms with Gasteiger partial charge in [-0.3, -0.25) is 4.79 Å². The molecule has 4 rings (SSSR count). The number of terminal acetylenes is 1. The fourth-order valence-corrected chi connectivity index (χ4v) is 3.59. The van der Waals surface area contributed by atoms with E-state index in [0.29, 0.717) is 27.1 Å². The molecule has 31 heavy (non-hydrogen) atoms. The van der Waals surface area contributed by atoms with Crippen LogP contribution in [-0.4, -0.2) is 25.8 Å². The normalized spacial score (nSPS) is 11.0. The van der Waals surface area contributed by atoms with Crippen LogP contribution < -0.4 is 14.9 Å². The van der Waals surface area contributed by atoms with Crippen molar-refractivity contribution < 1.29 is 18.7 Å². The van der Waals surface area contributed by atoms with Crippen LogP contribution in [0.3, 0.4) is 0 Å². The summed E-state index contributed by atoms with van der Waals surface area (Å²) >= 11 is 3.45. The van der Waals surface area contributed by atoms with Crippen molar-refractivity contribution in [1.29, 1.82) is 0 Å². The Morgan fingerprint density at radius 2 is 2.03 bits per heavy atom. The van der Waals surface area contributed by atoms with Crippen LogP contribution >= 0.6 is 15.9 Å². The van der Waals surface area contributed by atoms with Gasteiger partial charge in [0, 0.05) is 15.4 Å². The molecule has 1 amide bonds. The Kier molecular flexibility index (Phi) is 5.92. The molecule has 0 radical (unpaired) electrons. The molecule has 0 bridgehead atoms. The summed E-state index contributed by atoms with van der Waals surface area (Å²) in [6.45, 7) is 0.124. The molecule has 0 aliphatic carbocycles. The van der Waals surface area contributed by atoms with E-state index in [2.05, 4.69) is 32.4 Å². The first-order chi connectivity index (χ1) is 15.1. The van der Waals surface area contributed by atoms with Gasteiger partial charge >= 0.3 is 5.91 Å². The highest BCUT2D eigenvalue weighted by molar-refractivity contribution is 9.10. The van der Waals surface area contributed by atoms with E-state index >= 15 is 0 Å². The average molecular weight is 477 g/mol. The number of benzene rings is 3. The van der Waals surface area contributed by atoms with E-state index in [1.807, 2.05) is 36.4 Å². The van der Waals surface area contributed by atoms with Gasteiger partial charge in [-0.25, -0.2) is 5.43 Å². The number of fused-ring (bicyclic) bond motifs is 3. The van der Waals surface area contributed by atoms with E-state index < -0.39 is 5.91 Å². The molecule has 0 aliphatic rings. The van der Waals surface area contributed by atoms with Gasteiger partial charge in [-0.15, -0.1) is 6.42 Å². The zero-order valence-electron chi connectivity index (χ0n) is 16.5. The van der Waals surface area contributed by atoms with Crippen molar-refractivity contribution in [2.24, 2.45) is 5.10 Å². The number of carbonyl (C=O) groups is 1. The van der Waals surface area contributed by atoms with Crippen molar-refractivity contribution in [3.05, 3.63) is 70.4 Å². The predicted molar refractivity (Wildman–Crippen MR) is 124 cm³/mol. The van der Waals surface area contributed by atoms with E-state index in [0.717, 1.165) is 16.2 Å². The van der Waals surface area contributed by atoms with E-state index in [-0.39, 0.29) is 12.4 Å². The molecule has 1 aromatic heterocycles. The quantitative estimate of drug-likeness (QED) is 0.237. The molecule has 0 aliphatic heterocycles. The van der Waals surface area contributed by atoms with Gasteiger partial charge in [-0.05, 0) is 51.0 Å². The molecular weight excluding hydrogens is 460 g/mol. The number of hydrazone groups is 1. The Bertz CT molecular complexity index is 1350. The van der Waals surface area contributed by atoms with Crippen LogP contribution in [-0.2, 0) is 0 Å². The minimum absolute atomic E-state index is 0.124. The lowest BCUT2D eigenvalue weighted by molar-refractivity contribution is 0.0929. The van der Waals surface area contributed by atoms with Gasteiger partial charge in [0.25, 0.3) is 0 Å². The standard InChI is InChI=1S/C24H17BrN2O4/c1-3-10-30-22-13-19(25)16(11-21(22)29-2)14-26-27-24(28)23-12-18-17-7-5-4-6-15(17)8-9-20(18)31-23/h1,4-9,11-14H,10H2,2H3,(H,27,28). The number of furan rings is 1. The Morgan fingerprint density at radius 1 is 1.19 bits per heavy atom. The summed E-state index contributed by atoms with van der Waals surface area (Å²) < 4.78 is 17.2. The van der Waals surface area contributed by atoms with Gasteiger partial charge in [0.2, 0.25) is 0 Å². The van der Waals surface area contributed by atoms with Crippen LogP contribution in [0, 0.1) is 12.3 Å². The Hall–Kier alpha value is -3.76. The summed E-state index contributed by atoms with van der Waals surface area (Å²) in [5.41, 5.74) is 3.81. The number of methoxy groups -OCH3 is 1. The van der Waals surface area contributed by atoms with E-state index in [9.17, 15) is 4.79 Å². The topological polar surface area (TPSA) is 73.1 Å². The Balaban J connectivity index is 1.53. The number of rotatable bonds is 6. The van der Waals surface area contributed by atoms with Crippen LogP contribution in [0.2, 0.25) is 0 Å². The van der Waals surface area contributed by atoms with Crippen molar-refractivity contribution in [1.82, 2.24) is 5.43 Å². The summed E-state index contributed by atoms with van der Waals surface area (Å²) in [4.78, 5) is 12.5. The minimum Gasteiger partial charge on any atom is -0.493 e. The molecule has 0 unspecified atom stereocenters. The van der Waals surface area contributed by atoms with Gasteiger partial charge in [-0.2, -0.15) is 5.10 Å². The van der Waals surface area contributed by atoms with Crippen LogP contribution in [0.4, 0.5) is 0 Å². The fourth-order valence-electron chi connectivity index (χ4n) is 3.16. The van der Waals surface area contributed by atoms with Crippen molar-refractivity contribution in [2.45, 2.75) is 0 Å². The zero-order valence-corrected chi connectivity index (χ0v) is 18.1. The highest BCUT2D eigenvalue weighted by Gasteiger charge is 2.14. The number of halogens is 1. The zero-order chi connectivity index (χ0) is 21.8. The van der Waals surface area contributed by atoms with Crippen LogP contribution in [0.1, 0.15) is 16.1 Å². The molecule has 0 spiro atoms. The predicted octanol–water partition coefficient (Wildman–Crippen LogP) is 5.13. The van der Waals surface area contributed by atoms with E-state index in [4.69, 9.17) is 20.3 Å². The number of hydrogen-bond donors (Lipinski definition) is 1. The van der Waals surface area contributed by atoms with Crippen molar-refractivity contribution >= 4 is 49.8 Å². The van der Waals surface area contributed by atoms with Gasteiger partial charge in [0.05, 0.1) is 13.3 Å². The molecule has 1 heterocycles. The second kappa shape index (κ2) is 8.94. The van der Waals surface area contributed by atoms with Crippen molar-refractivity contribution in [2.75, 3.05) is 13.7 Å². The van der Waals surface area contributed by atoms with Gasteiger partial charge in [0.1, 0.15) is 12.2 Å². The monoisotopic (exact) mass is 476 g/mol. The molecule has 0 saturated carbocycles. The number of nitrogens with one attached hydrogen (secondary N) is 1. The summed E-state index contributed by atoms with van der Waals surface area (Å²) in [6, 6.07) is 16.9. The third kappa shape index (κ3) is 4.25. The molecule has 0 saturated heterocycles. The molecule has 1 N–H and O–H groups in total. The maximum Gasteiger partial charge on any atom is 0.307 e. The maximum absolute atomic E-state index is 12.5. The first-order valence-electron chi connectivity index (χ1n) is 9.29. The fraction of sp³-hybridized carbons (Fsp3) is 0.0833. The average Bonchev–Trinajstić information content (AvgIpc) is 3.24. The number of nitrogens with zero attached hydrogens (tertiary/aromatic N) is 1. The highest BCUT2D eigenvalue weighted by Crippen LogP contribution is 2.33. The molecular formula is C24H17BrN2O4. The lowest BCUT2D eigenvalue weighted by Crippen LogP contribution is -2.16. The van der Waals surface area contributed by atoms with Gasteiger partial charge < -0.3 is 13.9 Å². The molecule has 4 aromatic rings. The summed E-state index contributed by atoms with van der Waals surface area (Å²) in [6.07, 6.45) is 6.73. The second-order valence-corrected chi connectivity index (χ2v) is 7.38. The highest BCUT2D eigenvalue weighted by atomic mass is 79.9. The smallest absolute Gasteiger partial charge is 0.307 e. The molecule has 0 fully saturated rings. The number of amides is 1. The first kappa shape index (κ1) is 20.5. The summed E-state index contributed by atoms with van der Waals surface area (Å²) in [5, 5.41) is 7.01. The molecule has 6 nitrogen and oxygen atoms in total. The largest absolute Gasteiger partial charge is 0.493 e. The summed E-state index contributed by atoms with van der Waals surface area (Å²) in [5.74, 6) is 3.13. The van der Waals surface area contributed by atoms with Crippen LogP contribution in [0.25, 0.3) is 21.7 Å². The number of hydrogen-bond acceptors (Lipinski definition) is 5. The molecule has 7 heteroatoms. The molecule has 3 aromatic carbocycles. The number of ether oxygens (including phenoxy) is 2. The SMILES string of the molecule is C#CCOc1cc(Br)c(C=NNC(=O)c2cc3c(ccc4ccccc43)o2)cc1OC. The third-order valence-electron chi connectivity index (χ3n) is 4.61. The molecule has 154 valence electrons. The number of carbonyl (C=O) groups excluding carboxylic acids is 1. The lowest BCUT2D eigenvalue weighted by Gasteiger charge is -2.10. The van der Waals surface area contributed by atoms with Gasteiger partial charge in [-0.1, -0.05) is 36.3 Å². The Labute approximate surface area is 187 Å². The van der Waals surface area contributed by atoms with Crippen LogP contribution in [0.5, 0.6) is 11.5 Å². The first-order valence-corrected chi connectivity index (χ1v) is 10.1.